The van der Waals surface area contributed by atoms with Crippen molar-refractivity contribution in [2.24, 2.45) is 0 Å². The van der Waals surface area contributed by atoms with Crippen LogP contribution in [0.2, 0.25) is 16.6 Å². The minimum Gasteiger partial charge on any atom is -0.312 e. The normalized spacial score (nSPS) is 14.2. The molecule has 0 radical (unpaired) electrons. The highest BCUT2D eigenvalue weighted by atomic mass is 28.3. The van der Waals surface area contributed by atoms with Gasteiger partial charge in [-0.1, -0.05) is 53.5 Å². The summed E-state index contributed by atoms with van der Waals surface area (Å²) in [6.07, 6.45) is 0.916. The summed E-state index contributed by atoms with van der Waals surface area (Å²) < 4.78 is 0. The SMILES string of the molecule is CC(=O)N1CCc2c(C#C[Si](C(C)C)(C(C)C)C(C)C)cccc21. The van der Waals surface area contributed by atoms with Crippen LogP contribution in [0.1, 0.15) is 59.6 Å². The number of anilines is 1. The third-order valence-electron chi connectivity index (χ3n) is 5.69. The van der Waals surface area contributed by atoms with Crippen LogP contribution in [0, 0.1) is 11.5 Å². The van der Waals surface area contributed by atoms with Crippen molar-refractivity contribution in [1.82, 2.24) is 0 Å². The van der Waals surface area contributed by atoms with Gasteiger partial charge < -0.3 is 4.90 Å². The number of carbonyl (C=O) groups excluding carboxylic acids is 1. The Morgan fingerprint density at radius 1 is 1.08 bits per heavy atom. The summed E-state index contributed by atoms with van der Waals surface area (Å²) in [4.78, 5) is 13.7. The zero-order chi connectivity index (χ0) is 18.1. The van der Waals surface area contributed by atoms with E-state index in [4.69, 9.17) is 0 Å². The molecule has 0 aromatic heterocycles. The molecule has 1 aromatic rings. The predicted molar refractivity (Wildman–Crippen MR) is 106 cm³/mol. The van der Waals surface area contributed by atoms with Crippen molar-refractivity contribution in [3.8, 4) is 11.5 Å². The van der Waals surface area contributed by atoms with Crippen molar-refractivity contribution in [2.45, 2.75) is 71.5 Å². The van der Waals surface area contributed by atoms with Crippen LogP contribution in [0.3, 0.4) is 0 Å². The summed E-state index contributed by atoms with van der Waals surface area (Å²) in [6.45, 7) is 16.5. The van der Waals surface area contributed by atoms with Gasteiger partial charge in [-0.15, -0.1) is 5.54 Å². The number of fused-ring (bicyclic) bond motifs is 1. The molecule has 0 saturated carbocycles. The van der Waals surface area contributed by atoms with Gasteiger partial charge in [0.15, 0.2) is 0 Å². The molecule has 0 aliphatic carbocycles. The Hall–Kier alpha value is -1.53. The molecule has 1 aliphatic heterocycles. The van der Waals surface area contributed by atoms with Crippen LogP contribution in [-0.4, -0.2) is 20.5 Å². The minimum atomic E-state index is -1.72. The molecule has 0 saturated heterocycles. The van der Waals surface area contributed by atoms with E-state index < -0.39 is 8.07 Å². The summed E-state index contributed by atoms with van der Waals surface area (Å²) in [7, 11) is -1.72. The van der Waals surface area contributed by atoms with E-state index in [0.717, 1.165) is 24.2 Å². The third-order valence-corrected chi connectivity index (χ3v) is 12.0. The Kier molecular flexibility index (Phi) is 5.60. The maximum Gasteiger partial charge on any atom is 0.223 e. The first-order valence-electron chi connectivity index (χ1n) is 9.15. The van der Waals surface area contributed by atoms with Crippen LogP contribution >= 0.6 is 0 Å². The molecule has 0 bridgehead atoms. The van der Waals surface area contributed by atoms with E-state index in [1.54, 1.807) is 6.92 Å². The van der Waals surface area contributed by atoms with E-state index in [1.165, 1.54) is 5.56 Å². The monoisotopic (exact) mass is 341 g/mol. The Labute approximate surface area is 148 Å². The van der Waals surface area contributed by atoms with E-state index in [0.29, 0.717) is 16.6 Å². The van der Waals surface area contributed by atoms with Crippen LogP contribution < -0.4 is 4.90 Å². The van der Waals surface area contributed by atoms with Gasteiger partial charge in [-0.25, -0.2) is 0 Å². The van der Waals surface area contributed by atoms with Crippen molar-refractivity contribution in [2.75, 3.05) is 11.4 Å². The van der Waals surface area contributed by atoms with Crippen molar-refractivity contribution < 1.29 is 4.79 Å². The van der Waals surface area contributed by atoms with Crippen LogP contribution in [0.5, 0.6) is 0 Å². The molecule has 1 amide bonds. The van der Waals surface area contributed by atoms with Gasteiger partial charge >= 0.3 is 0 Å². The first kappa shape index (κ1) is 18.8. The van der Waals surface area contributed by atoms with E-state index in [2.05, 4.69) is 59.1 Å². The molecule has 0 atom stereocenters. The van der Waals surface area contributed by atoms with Crippen LogP contribution in [0.25, 0.3) is 0 Å². The molecule has 0 spiro atoms. The first-order chi connectivity index (χ1) is 11.2. The maximum absolute atomic E-state index is 11.8. The first-order valence-corrected chi connectivity index (χ1v) is 11.4. The second-order valence-corrected chi connectivity index (χ2v) is 13.5. The number of benzene rings is 1. The largest absolute Gasteiger partial charge is 0.312 e. The molecule has 0 unspecified atom stereocenters. The maximum atomic E-state index is 11.8. The fourth-order valence-corrected chi connectivity index (χ4v) is 9.70. The lowest BCUT2D eigenvalue weighted by Crippen LogP contribution is -2.43. The van der Waals surface area contributed by atoms with Crippen molar-refractivity contribution >= 4 is 19.7 Å². The Morgan fingerprint density at radius 2 is 1.67 bits per heavy atom. The van der Waals surface area contributed by atoms with Gasteiger partial charge in [0, 0.05) is 24.7 Å². The molecule has 0 fully saturated rings. The number of hydrogen-bond donors (Lipinski definition) is 0. The van der Waals surface area contributed by atoms with Crippen LogP contribution in [0.4, 0.5) is 5.69 Å². The summed E-state index contributed by atoms with van der Waals surface area (Å²) in [5.41, 5.74) is 9.14. The highest BCUT2D eigenvalue weighted by Crippen LogP contribution is 2.41. The molecular weight excluding hydrogens is 310 g/mol. The third kappa shape index (κ3) is 3.17. The molecule has 130 valence electrons. The number of rotatable bonds is 3. The zero-order valence-corrected chi connectivity index (χ0v) is 17.2. The molecule has 1 aliphatic rings. The Bertz CT molecular complexity index is 657. The van der Waals surface area contributed by atoms with Crippen LogP contribution in [-0.2, 0) is 11.2 Å². The Balaban J connectivity index is 2.50. The van der Waals surface area contributed by atoms with E-state index in [1.807, 2.05) is 17.0 Å². The van der Waals surface area contributed by atoms with E-state index >= 15 is 0 Å². The lowest BCUT2D eigenvalue weighted by Gasteiger charge is -2.38. The van der Waals surface area contributed by atoms with Gasteiger partial charge in [-0.2, -0.15) is 0 Å². The number of hydrogen-bond acceptors (Lipinski definition) is 1. The van der Waals surface area contributed by atoms with Gasteiger partial charge in [0.25, 0.3) is 0 Å². The highest BCUT2D eigenvalue weighted by Gasteiger charge is 2.41. The second-order valence-electron chi connectivity index (χ2n) is 7.87. The second kappa shape index (κ2) is 7.15. The number of nitrogens with zero attached hydrogens (tertiary/aromatic N) is 1. The fourth-order valence-electron chi connectivity index (χ4n) is 4.49. The molecular formula is C21H31NOSi. The lowest BCUT2D eigenvalue weighted by molar-refractivity contribution is -0.116. The van der Waals surface area contributed by atoms with Gasteiger partial charge in [0.2, 0.25) is 5.91 Å². The molecule has 2 rings (SSSR count). The van der Waals surface area contributed by atoms with Crippen molar-refractivity contribution in [3.63, 3.8) is 0 Å². The van der Waals surface area contributed by atoms with Crippen molar-refractivity contribution in [3.05, 3.63) is 29.3 Å². The molecule has 1 aromatic carbocycles. The number of amides is 1. The summed E-state index contributed by atoms with van der Waals surface area (Å²) in [5, 5.41) is 0. The smallest absolute Gasteiger partial charge is 0.223 e. The van der Waals surface area contributed by atoms with E-state index in [-0.39, 0.29) is 5.91 Å². The highest BCUT2D eigenvalue weighted by molar-refractivity contribution is 6.90. The summed E-state index contributed by atoms with van der Waals surface area (Å²) >= 11 is 0. The predicted octanol–water partition coefficient (Wildman–Crippen LogP) is 5.17. The average molecular weight is 342 g/mol. The van der Waals surface area contributed by atoms with Crippen molar-refractivity contribution in [1.29, 1.82) is 0 Å². The molecule has 1 heterocycles. The molecule has 2 nitrogen and oxygen atoms in total. The minimum absolute atomic E-state index is 0.120. The zero-order valence-electron chi connectivity index (χ0n) is 16.2. The van der Waals surface area contributed by atoms with Crippen LogP contribution in [0.15, 0.2) is 18.2 Å². The molecule has 0 N–H and O–H groups in total. The molecule has 24 heavy (non-hydrogen) atoms. The van der Waals surface area contributed by atoms with Gasteiger partial charge in [-0.3, -0.25) is 4.79 Å². The van der Waals surface area contributed by atoms with Gasteiger partial charge in [-0.05, 0) is 40.7 Å². The topological polar surface area (TPSA) is 20.3 Å². The van der Waals surface area contributed by atoms with E-state index in [9.17, 15) is 4.79 Å². The summed E-state index contributed by atoms with van der Waals surface area (Å²) in [5.74, 6) is 3.68. The quantitative estimate of drug-likeness (QED) is 0.549. The standard InChI is InChI=1S/C21H31NOSi/c1-15(2)24(16(3)4,17(5)6)14-12-19-9-8-10-21-20(19)11-13-22(21)18(7)23/h8-10,15-17H,11,13H2,1-7H3. The fraction of sp³-hybridized carbons (Fsp3) is 0.571. The summed E-state index contributed by atoms with van der Waals surface area (Å²) in [6, 6.07) is 6.20. The lowest BCUT2D eigenvalue weighted by atomic mass is 10.1. The van der Waals surface area contributed by atoms with Gasteiger partial charge in [0.05, 0.1) is 0 Å². The molecule has 3 heteroatoms. The Morgan fingerprint density at radius 3 is 2.17 bits per heavy atom. The number of carbonyl (C=O) groups is 1. The average Bonchev–Trinajstić information content (AvgIpc) is 2.91. The van der Waals surface area contributed by atoms with Gasteiger partial charge in [0.1, 0.15) is 8.07 Å².